The van der Waals surface area contributed by atoms with Crippen molar-refractivity contribution in [1.29, 1.82) is 0 Å². The van der Waals surface area contributed by atoms with E-state index < -0.39 is 0 Å². The topological polar surface area (TPSA) is 61.4 Å². The van der Waals surface area contributed by atoms with Gasteiger partial charge in [0.1, 0.15) is 5.78 Å². The lowest BCUT2D eigenvalue weighted by Gasteiger charge is -2.13. The lowest BCUT2D eigenvalue weighted by Crippen LogP contribution is -2.42. The fourth-order valence-corrected chi connectivity index (χ4v) is 1.15. The van der Waals surface area contributed by atoms with Crippen LogP contribution in [0.15, 0.2) is 0 Å². The first-order valence-corrected chi connectivity index (χ1v) is 6.64. The molecule has 2 N–H and O–H groups in total. The van der Waals surface area contributed by atoms with Crippen LogP contribution in [-0.4, -0.2) is 56.4 Å². The quantitative estimate of drug-likeness (QED) is 0.399. The summed E-state index contributed by atoms with van der Waals surface area (Å²) >= 11 is 0. The molecule has 0 rings (SSSR count). The highest BCUT2D eigenvalue weighted by Crippen LogP contribution is 1.88. The molecule has 0 heterocycles. The molecule has 0 aliphatic rings. The molecule has 0 radical (unpaired) electrons. The smallest absolute Gasteiger partial charge is 0.234 e. The van der Waals surface area contributed by atoms with Crippen molar-refractivity contribution in [3.8, 4) is 0 Å². The number of nitrogens with zero attached hydrogens (tertiary/aromatic N) is 1. The second-order valence-corrected chi connectivity index (χ2v) is 4.08. The van der Waals surface area contributed by atoms with Gasteiger partial charge in [-0.15, -0.1) is 71.9 Å². The predicted molar refractivity (Wildman–Crippen MR) is 124 cm³/mol. The molecular weight excluding hydrogens is 611 g/mol. The fraction of sp³-hybridized carbons (Fsp3) is 0.846. The number of rotatable bonds is 8. The predicted octanol–water partition coefficient (Wildman–Crippen LogP) is 2.75. The van der Waals surface area contributed by atoms with Crippen molar-refractivity contribution in [3.05, 3.63) is 0 Å². The molecule has 0 saturated carbocycles. The average Bonchev–Trinajstić information content (AvgIpc) is 2.36. The zero-order chi connectivity index (χ0) is 14.6. The number of carbonyl (C=O) groups excluding carboxylic acids is 2. The van der Waals surface area contributed by atoms with Crippen molar-refractivity contribution in [2.24, 2.45) is 0 Å². The number of hydrogen-bond acceptors (Lipinski definition) is 4. The molecule has 134 valence electrons. The van der Waals surface area contributed by atoms with Gasteiger partial charge in [-0.25, -0.2) is 0 Å². The van der Waals surface area contributed by atoms with E-state index in [9.17, 15) is 9.59 Å². The minimum absolute atomic E-state index is 0. The number of hydrogen-bond donors (Lipinski definition) is 2. The van der Waals surface area contributed by atoms with E-state index in [-0.39, 0.29) is 97.6 Å². The molecule has 0 aromatic carbocycles. The molecule has 0 fully saturated rings. The van der Waals surface area contributed by atoms with Gasteiger partial charge >= 0.3 is 0 Å². The van der Waals surface area contributed by atoms with E-state index >= 15 is 0 Å². The van der Waals surface area contributed by atoms with Gasteiger partial charge in [0, 0.05) is 20.9 Å². The van der Waals surface area contributed by atoms with Gasteiger partial charge in [-0.05, 0) is 21.0 Å². The Kier molecular flexibility index (Phi) is 37.8. The normalized spacial score (nSPS) is 9.86. The van der Waals surface area contributed by atoms with Crippen LogP contribution in [0.1, 0.15) is 35.5 Å². The maximum atomic E-state index is 11.3. The van der Waals surface area contributed by atoms with E-state index in [2.05, 4.69) is 10.6 Å². The van der Waals surface area contributed by atoms with Crippen LogP contribution in [0.4, 0.5) is 0 Å². The molecule has 0 saturated heterocycles. The lowest BCUT2D eigenvalue weighted by atomic mass is 10.2. The van der Waals surface area contributed by atoms with Gasteiger partial charge in [0.25, 0.3) is 0 Å². The number of likely N-dealkylation sites (N-methyl/N-ethyl adjacent to an activating group) is 1. The van der Waals surface area contributed by atoms with Crippen molar-refractivity contribution in [1.82, 2.24) is 15.5 Å². The van der Waals surface area contributed by atoms with Crippen molar-refractivity contribution in [3.63, 3.8) is 0 Å². The van der Waals surface area contributed by atoms with Gasteiger partial charge in [0.05, 0.1) is 12.6 Å². The van der Waals surface area contributed by atoms with E-state index in [4.69, 9.17) is 0 Å². The Bertz CT molecular complexity index is 249. The van der Waals surface area contributed by atoms with Crippen molar-refractivity contribution in [2.75, 3.05) is 33.7 Å². The maximum Gasteiger partial charge on any atom is 0.234 e. The van der Waals surface area contributed by atoms with Crippen LogP contribution in [0.2, 0.25) is 0 Å². The summed E-state index contributed by atoms with van der Waals surface area (Å²) in [4.78, 5) is 24.6. The van der Waals surface area contributed by atoms with Crippen molar-refractivity contribution < 1.29 is 11.0 Å². The van der Waals surface area contributed by atoms with Crippen molar-refractivity contribution >= 4 is 83.6 Å². The number of ketones is 1. The van der Waals surface area contributed by atoms with Gasteiger partial charge in [-0.2, -0.15) is 0 Å². The summed E-state index contributed by atoms with van der Waals surface area (Å²) in [7, 11) is 3.90. The third-order valence-electron chi connectivity index (χ3n) is 2.28. The van der Waals surface area contributed by atoms with Crippen LogP contribution >= 0.6 is 71.9 Å². The number of carbonyl (C=O) groups is 2. The minimum atomic E-state index is -0.246. The van der Waals surface area contributed by atoms with Gasteiger partial charge in [0.15, 0.2) is 0 Å². The standard InChI is InChI=1S/C11H23N3O2.C2H6.3HI.H2/c1-5-10(15)9(2)13-8-11(16)12-6-7-14(3)4;1-2;;;;/h9,13H,5-8H2,1-4H3,(H,12,16);1-2H3;4*1H/t9-;;;;;/m1...../s1. The summed E-state index contributed by atoms with van der Waals surface area (Å²) in [6.45, 7) is 9.23. The molecule has 8 heteroatoms. The summed E-state index contributed by atoms with van der Waals surface area (Å²) in [5.41, 5.74) is 0. The molecule has 0 bridgehead atoms. The molecule has 0 unspecified atom stereocenters. The Morgan fingerprint density at radius 1 is 1.14 bits per heavy atom. The summed E-state index contributed by atoms with van der Waals surface area (Å²) in [6, 6.07) is -0.246. The fourth-order valence-electron chi connectivity index (χ4n) is 1.15. The van der Waals surface area contributed by atoms with E-state index in [0.717, 1.165) is 6.54 Å². The highest BCUT2D eigenvalue weighted by atomic mass is 127. The van der Waals surface area contributed by atoms with Crippen molar-refractivity contribution in [2.45, 2.75) is 40.2 Å². The molecule has 1 amide bonds. The van der Waals surface area contributed by atoms with Crippen LogP contribution in [0.25, 0.3) is 0 Å². The number of halogens is 3. The highest BCUT2D eigenvalue weighted by molar-refractivity contribution is 14.0. The maximum absolute atomic E-state index is 11.3. The second kappa shape index (κ2) is 23.5. The first kappa shape index (κ1) is 33.8. The Morgan fingerprint density at radius 3 is 2.00 bits per heavy atom. The van der Waals surface area contributed by atoms with Gasteiger partial charge in [-0.1, -0.05) is 20.8 Å². The van der Waals surface area contributed by atoms with Crippen LogP contribution in [0.3, 0.4) is 0 Å². The molecule has 5 nitrogen and oxygen atoms in total. The first-order chi connectivity index (χ1) is 8.47. The van der Waals surface area contributed by atoms with Gasteiger partial charge in [-0.3, -0.25) is 14.9 Å². The largest absolute Gasteiger partial charge is 0.354 e. The SMILES string of the molecule is CC.CCC(=O)[C@@H](C)NCC(=O)NCCN(C)C.I.I.I.[HH]. The Morgan fingerprint density at radius 2 is 1.62 bits per heavy atom. The van der Waals surface area contributed by atoms with Crippen LogP contribution in [0, 0.1) is 0 Å². The zero-order valence-electron chi connectivity index (χ0n) is 13.9. The minimum Gasteiger partial charge on any atom is -0.354 e. The molecule has 21 heavy (non-hydrogen) atoms. The molecule has 0 aliphatic heterocycles. The van der Waals surface area contributed by atoms with Gasteiger partial charge in [0.2, 0.25) is 5.91 Å². The first-order valence-electron chi connectivity index (χ1n) is 6.64. The summed E-state index contributed by atoms with van der Waals surface area (Å²) in [5, 5.41) is 5.67. The van der Waals surface area contributed by atoms with Crippen LogP contribution in [-0.2, 0) is 9.59 Å². The van der Waals surface area contributed by atoms with Crippen LogP contribution in [0.5, 0.6) is 0 Å². The second-order valence-electron chi connectivity index (χ2n) is 4.08. The molecule has 0 spiro atoms. The van der Waals surface area contributed by atoms with E-state index in [1.165, 1.54) is 0 Å². The molecular formula is C13H34I3N3O2. The van der Waals surface area contributed by atoms with E-state index in [1.807, 2.05) is 39.8 Å². The zero-order valence-corrected chi connectivity index (χ0v) is 20.9. The molecule has 0 aromatic rings. The summed E-state index contributed by atoms with van der Waals surface area (Å²) in [6.07, 6.45) is 0.496. The monoisotopic (exact) mass is 645 g/mol. The number of Topliss-reactive ketones (excluding diaryl/α,β-unsaturated/α-hetero) is 1. The van der Waals surface area contributed by atoms with Crippen LogP contribution < -0.4 is 10.6 Å². The number of amides is 1. The van der Waals surface area contributed by atoms with E-state index in [0.29, 0.717) is 13.0 Å². The molecule has 1 atom stereocenters. The highest BCUT2D eigenvalue weighted by Gasteiger charge is 2.11. The Hall–Kier alpha value is 1.25. The molecule has 0 aromatic heterocycles. The molecule has 0 aliphatic carbocycles. The van der Waals surface area contributed by atoms with Gasteiger partial charge < -0.3 is 10.2 Å². The third-order valence-corrected chi connectivity index (χ3v) is 2.28. The lowest BCUT2D eigenvalue weighted by molar-refractivity contribution is -0.121. The Balaban J connectivity index is -0.000000102. The number of nitrogens with one attached hydrogen (secondary N) is 2. The third kappa shape index (κ3) is 23.6. The summed E-state index contributed by atoms with van der Waals surface area (Å²) < 4.78 is 0. The summed E-state index contributed by atoms with van der Waals surface area (Å²) in [5.74, 6) is 0.0543. The van der Waals surface area contributed by atoms with E-state index in [1.54, 1.807) is 6.92 Å². The Labute approximate surface area is 182 Å². The average molecular weight is 645 g/mol.